The molecule has 272 valence electrons. The second kappa shape index (κ2) is 14.1. The lowest BCUT2D eigenvalue weighted by molar-refractivity contribution is -0.137. The lowest BCUT2D eigenvalue weighted by Crippen LogP contribution is -2.33. The summed E-state index contributed by atoms with van der Waals surface area (Å²) >= 11 is 0. The van der Waals surface area contributed by atoms with E-state index in [0.717, 1.165) is 12.1 Å². The number of nitrogens with two attached hydrogens (primary N) is 1. The van der Waals surface area contributed by atoms with Crippen molar-refractivity contribution in [1.82, 2.24) is 14.5 Å². The first-order valence-corrected chi connectivity index (χ1v) is 16.0. The van der Waals surface area contributed by atoms with Gasteiger partial charge < -0.3 is 41.1 Å². The van der Waals surface area contributed by atoms with Gasteiger partial charge in [0.25, 0.3) is 11.8 Å². The summed E-state index contributed by atoms with van der Waals surface area (Å²) in [6, 6.07) is 14.8. The summed E-state index contributed by atoms with van der Waals surface area (Å²) in [5.41, 5.74) is 9.04. The number of primary amides is 1. The first-order chi connectivity index (χ1) is 25.1. The number of hydrogen-bond acceptors (Lipinski definition) is 8. The van der Waals surface area contributed by atoms with E-state index in [0.29, 0.717) is 56.5 Å². The molecule has 16 heteroatoms. The molecular weight excluding hydrogens is 695 g/mol. The molecule has 6 rings (SSSR count). The average Bonchev–Trinajstić information content (AvgIpc) is 3.76. The van der Waals surface area contributed by atoms with Gasteiger partial charge in [0.15, 0.2) is 6.10 Å². The molecule has 53 heavy (non-hydrogen) atoms. The number of nitrogens with one attached hydrogen (secondary N) is 4. The number of aromatic amines is 1. The highest BCUT2D eigenvalue weighted by molar-refractivity contribution is 6.35. The van der Waals surface area contributed by atoms with Gasteiger partial charge in [-0.25, -0.2) is 9.78 Å². The van der Waals surface area contributed by atoms with E-state index >= 15 is 0 Å². The van der Waals surface area contributed by atoms with Crippen LogP contribution in [0.25, 0.3) is 17.3 Å². The van der Waals surface area contributed by atoms with Gasteiger partial charge in [-0.05, 0) is 80.9 Å². The Hall–Kier alpha value is -6.68. The van der Waals surface area contributed by atoms with Crippen LogP contribution in [-0.2, 0) is 20.5 Å². The number of esters is 1. The molecule has 0 saturated heterocycles. The first kappa shape index (κ1) is 36.1. The Bertz CT molecular complexity index is 2330. The predicted molar refractivity (Wildman–Crippen MR) is 190 cm³/mol. The van der Waals surface area contributed by atoms with E-state index in [-0.39, 0.29) is 22.7 Å². The van der Waals surface area contributed by atoms with Crippen molar-refractivity contribution in [3.8, 4) is 5.69 Å². The molecule has 3 aromatic carbocycles. The van der Waals surface area contributed by atoms with Crippen LogP contribution in [0.15, 0.2) is 73.2 Å². The summed E-state index contributed by atoms with van der Waals surface area (Å²) in [5.74, 6) is -2.93. The highest BCUT2D eigenvalue weighted by atomic mass is 19.4. The highest BCUT2D eigenvalue weighted by Gasteiger charge is 2.32. The molecule has 0 fully saturated rings. The van der Waals surface area contributed by atoms with Crippen LogP contribution in [0.5, 0.6) is 0 Å². The van der Waals surface area contributed by atoms with E-state index in [4.69, 9.17) is 10.5 Å². The van der Waals surface area contributed by atoms with E-state index in [1.165, 1.54) is 17.0 Å². The van der Waals surface area contributed by atoms with E-state index in [9.17, 15) is 37.5 Å². The molecule has 0 radical (unpaired) electrons. The second-order valence-corrected chi connectivity index (χ2v) is 12.3. The molecule has 5 aromatic rings. The first-order valence-electron chi connectivity index (χ1n) is 16.0. The van der Waals surface area contributed by atoms with E-state index < -0.39 is 42.2 Å². The van der Waals surface area contributed by atoms with Crippen LogP contribution < -0.4 is 21.7 Å². The van der Waals surface area contributed by atoms with Gasteiger partial charge in [-0.2, -0.15) is 13.2 Å². The van der Waals surface area contributed by atoms with Gasteiger partial charge in [-0.3, -0.25) is 14.4 Å². The van der Waals surface area contributed by atoms with Gasteiger partial charge in [-0.15, -0.1) is 0 Å². The normalized spacial score (nSPS) is 13.7. The molecule has 1 atom stereocenters. The Morgan fingerprint density at radius 2 is 1.77 bits per heavy atom. The molecule has 0 aliphatic carbocycles. The fraction of sp³-hybridized carbons (Fsp3) is 0.162. The second-order valence-electron chi connectivity index (χ2n) is 12.3. The third-order valence-electron chi connectivity index (χ3n) is 8.40. The summed E-state index contributed by atoms with van der Waals surface area (Å²) in [4.78, 5) is 57.1. The number of aliphatic hydroxyl groups excluding tert-OH is 1. The van der Waals surface area contributed by atoms with Crippen LogP contribution in [0.2, 0.25) is 0 Å². The molecule has 1 aliphatic rings. The average molecular weight is 728 g/mol. The topological polar surface area (TPSA) is 193 Å². The number of carbonyl (C=O) groups excluding carboxylic acids is 4. The lowest BCUT2D eigenvalue weighted by Gasteiger charge is -2.14. The zero-order chi connectivity index (χ0) is 38.2. The fourth-order valence-corrected chi connectivity index (χ4v) is 5.76. The fourth-order valence-electron chi connectivity index (χ4n) is 5.76. The third kappa shape index (κ3) is 7.82. The van der Waals surface area contributed by atoms with Gasteiger partial charge in [0.2, 0.25) is 5.91 Å². The van der Waals surface area contributed by atoms with Gasteiger partial charge in [0.1, 0.15) is 6.61 Å². The molecule has 7 N–H and O–H groups in total. The number of halogens is 3. The molecule has 3 heterocycles. The summed E-state index contributed by atoms with van der Waals surface area (Å²) in [5, 5.41) is 18.2. The Balaban J connectivity index is 1.18. The number of fused-ring (bicyclic) bond motifs is 1. The van der Waals surface area contributed by atoms with E-state index in [1.54, 1.807) is 75.5 Å². The van der Waals surface area contributed by atoms with Crippen LogP contribution in [0.4, 0.5) is 35.9 Å². The van der Waals surface area contributed by atoms with Crippen molar-refractivity contribution in [2.75, 3.05) is 22.6 Å². The highest BCUT2D eigenvalue weighted by Crippen LogP contribution is 2.37. The Labute approximate surface area is 299 Å². The number of aromatic nitrogens is 3. The number of amides is 3. The third-order valence-corrected chi connectivity index (χ3v) is 8.40. The zero-order valence-corrected chi connectivity index (χ0v) is 28.4. The van der Waals surface area contributed by atoms with E-state index in [1.807, 2.05) is 0 Å². The molecule has 0 spiro atoms. The van der Waals surface area contributed by atoms with E-state index in [2.05, 4.69) is 25.9 Å². The minimum Gasteiger partial charge on any atom is -0.459 e. The maximum atomic E-state index is 13.7. The van der Waals surface area contributed by atoms with Crippen LogP contribution in [-0.4, -0.2) is 56.0 Å². The standard InChI is InChI=1S/C37H32F3N7O6/c1-18-15-47(17-42-18)26-10-21(9-22(11-26)37(38,39)40)34(50)45-24-6-4-5-23(12-24)44-25-7-8-27-28(35(51)46-30(27)13-25)14-29-19(2)32(20(3)43-29)36(52)53-16-31(48)33(41)49/h4-15,17,31,43-44,48H,16H2,1-3H3,(H2,41,49)(H,45,50)(H,46,51). The number of benzene rings is 3. The molecule has 13 nitrogen and oxygen atoms in total. The van der Waals surface area contributed by atoms with Gasteiger partial charge >= 0.3 is 12.1 Å². The van der Waals surface area contributed by atoms with Crippen LogP contribution in [0, 0.1) is 20.8 Å². The van der Waals surface area contributed by atoms with Crippen molar-refractivity contribution in [1.29, 1.82) is 0 Å². The van der Waals surface area contributed by atoms with Gasteiger partial charge in [0, 0.05) is 51.5 Å². The largest absolute Gasteiger partial charge is 0.459 e. The van der Waals surface area contributed by atoms with Crippen molar-refractivity contribution >= 4 is 58.1 Å². The van der Waals surface area contributed by atoms with Crippen LogP contribution in [0.1, 0.15) is 54.5 Å². The quantitative estimate of drug-likeness (QED) is 0.0787. The number of rotatable bonds is 10. The minimum atomic E-state index is -4.68. The predicted octanol–water partition coefficient (Wildman–Crippen LogP) is 5.64. The number of H-pyrrole nitrogens is 1. The van der Waals surface area contributed by atoms with Crippen molar-refractivity contribution in [2.24, 2.45) is 5.73 Å². The lowest BCUT2D eigenvalue weighted by atomic mass is 10.0. The number of aryl methyl sites for hydroxylation is 2. The Morgan fingerprint density at radius 3 is 2.47 bits per heavy atom. The number of anilines is 4. The van der Waals surface area contributed by atoms with Crippen LogP contribution >= 0.6 is 0 Å². The smallest absolute Gasteiger partial charge is 0.416 e. The maximum absolute atomic E-state index is 13.7. The number of ether oxygens (including phenoxy) is 1. The van der Waals surface area contributed by atoms with Gasteiger partial charge in [-0.1, -0.05) is 12.1 Å². The molecule has 3 amide bonds. The number of hydrogen-bond donors (Lipinski definition) is 6. The minimum absolute atomic E-state index is 0.130. The number of aliphatic hydroxyl groups is 1. The molecule has 0 bridgehead atoms. The summed E-state index contributed by atoms with van der Waals surface area (Å²) in [7, 11) is 0. The molecular formula is C37H32F3N7O6. The SMILES string of the molecule is Cc1cn(-c2cc(C(=O)Nc3cccc(Nc4ccc5c(c4)NC(=O)C5=Cc4[nH]c(C)c(C(=O)OCC(O)C(N)=O)c4C)c3)cc(C(F)(F)F)c2)cn1. The molecule has 0 saturated carbocycles. The zero-order valence-electron chi connectivity index (χ0n) is 28.4. The summed E-state index contributed by atoms with van der Waals surface area (Å²) < 4.78 is 47.7. The molecule has 2 aromatic heterocycles. The number of nitrogens with zero attached hydrogens (tertiary/aromatic N) is 2. The molecule has 1 aliphatic heterocycles. The Kier molecular flexibility index (Phi) is 9.64. The summed E-state index contributed by atoms with van der Waals surface area (Å²) in [6.07, 6.45) is -1.81. The van der Waals surface area contributed by atoms with Gasteiger partial charge in [0.05, 0.1) is 34.4 Å². The van der Waals surface area contributed by atoms with Crippen LogP contribution in [0.3, 0.4) is 0 Å². The van der Waals surface area contributed by atoms with Crippen molar-refractivity contribution in [2.45, 2.75) is 33.1 Å². The number of imidazole rings is 1. The molecule has 1 unspecified atom stereocenters. The maximum Gasteiger partial charge on any atom is 0.416 e. The summed E-state index contributed by atoms with van der Waals surface area (Å²) in [6.45, 7) is 4.40. The van der Waals surface area contributed by atoms with Crippen molar-refractivity contribution in [3.63, 3.8) is 0 Å². The van der Waals surface area contributed by atoms with Crippen molar-refractivity contribution in [3.05, 3.63) is 118 Å². The number of alkyl halides is 3. The Morgan fingerprint density at radius 1 is 1.04 bits per heavy atom. The number of carbonyl (C=O) groups is 4. The van der Waals surface area contributed by atoms with Crippen molar-refractivity contribution < 1.29 is 42.2 Å². The monoisotopic (exact) mass is 727 g/mol.